The van der Waals surface area contributed by atoms with Gasteiger partial charge >= 0.3 is 0 Å². The van der Waals surface area contributed by atoms with Gasteiger partial charge in [-0.15, -0.1) is 0 Å². The molecule has 1 aliphatic rings. The maximum Gasteiger partial charge on any atom is 0.239 e. The normalized spacial score (nSPS) is 20.9. The predicted octanol–water partition coefficient (Wildman–Crippen LogP) is 1.42. The molecule has 1 fully saturated rings. The maximum absolute atomic E-state index is 11.6. The van der Waals surface area contributed by atoms with Crippen molar-refractivity contribution in [2.75, 3.05) is 0 Å². The zero-order valence-electron chi connectivity index (χ0n) is 9.47. The Hall–Kier alpha value is -0.570. The monoisotopic (exact) mass is 198 g/mol. The third-order valence-corrected chi connectivity index (χ3v) is 3.05. The molecule has 0 aliphatic heterocycles. The van der Waals surface area contributed by atoms with E-state index < -0.39 is 5.54 Å². The lowest BCUT2D eigenvalue weighted by Gasteiger charge is -2.25. The first-order valence-corrected chi connectivity index (χ1v) is 5.51. The van der Waals surface area contributed by atoms with Crippen molar-refractivity contribution in [3.63, 3.8) is 0 Å². The van der Waals surface area contributed by atoms with E-state index in [1.165, 1.54) is 25.7 Å². The molecule has 1 unspecified atom stereocenters. The van der Waals surface area contributed by atoms with Crippen molar-refractivity contribution in [3.8, 4) is 0 Å². The standard InChI is InChI=1S/C11H22N2O/c1-8(9-6-4-5-7-9)13-10(14)11(2,3)12/h8-9H,4-7,12H2,1-3H3,(H,13,14). The summed E-state index contributed by atoms with van der Waals surface area (Å²) < 4.78 is 0. The van der Waals surface area contributed by atoms with Crippen LogP contribution in [0.4, 0.5) is 0 Å². The number of carbonyl (C=O) groups excluding carboxylic acids is 1. The lowest BCUT2D eigenvalue weighted by atomic mass is 9.98. The minimum absolute atomic E-state index is 0.0445. The van der Waals surface area contributed by atoms with E-state index >= 15 is 0 Å². The van der Waals surface area contributed by atoms with Crippen molar-refractivity contribution in [2.45, 2.75) is 58.0 Å². The van der Waals surface area contributed by atoms with Crippen LogP contribution in [-0.2, 0) is 4.79 Å². The lowest BCUT2D eigenvalue weighted by molar-refractivity contribution is -0.126. The Morgan fingerprint density at radius 3 is 2.36 bits per heavy atom. The van der Waals surface area contributed by atoms with Crippen molar-refractivity contribution in [1.29, 1.82) is 0 Å². The van der Waals surface area contributed by atoms with Crippen molar-refractivity contribution in [1.82, 2.24) is 5.32 Å². The van der Waals surface area contributed by atoms with Crippen LogP contribution in [0.2, 0.25) is 0 Å². The minimum Gasteiger partial charge on any atom is -0.352 e. The van der Waals surface area contributed by atoms with Gasteiger partial charge < -0.3 is 11.1 Å². The third-order valence-electron chi connectivity index (χ3n) is 3.05. The Labute approximate surface area is 86.4 Å². The first-order chi connectivity index (χ1) is 6.41. The zero-order valence-corrected chi connectivity index (χ0v) is 9.47. The number of hydrogen-bond acceptors (Lipinski definition) is 2. The largest absolute Gasteiger partial charge is 0.352 e. The van der Waals surface area contributed by atoms with Crippen LogP contribution in [0.15, 0.2) is 0 Å². The second kappa shape index (κ2) is 4.30. The first kappa shape index (κ1) is 11.5. The molecular formula is C11H22N2O. The molecule has 0 aromatic heterocycles. The van der Waals surface area contributed by atoms with Crippen molar-refractivity contribution in [2.24, 2.45) is 11.7 Å². The second-order valence-electron chi connectivity index (χ2n) is 5.03. The smallest absolute Gasteiger partial charge is 0.239 e. The van der Waals surface area contributed by atoms with Gasteiger partial charge in [0.2, 0.25) is 5.91 Å². The molecule has 0 radical (unpaired) electrons. The average Bonchev–Trinajstić information content (AvgIpc) is 2.53. The van der Waals surface area contributed by atoms with Gasteiger partial charge in [-0.05, 0) is 39.5 Å². The molecule has 0 aromatic carbocycles. The molecule has 1 atom stereocenters. The number of nitrogens with two attached hydrogens (primary N) is 1. The number of hydrogen-bond donors (Lipinski definition) is 2. The molecule has 0 bridgehead atoms. The van der Waals surface area contributed by atoms with Gasteiger partial charge in [-0.3, -0.25) is 4.79 Å². The molecule has 1 rings (SSSR count). The molecule has 1 aliphatic carbocycles. The fourth-order valence-corrected chi connectivity index (χ4v) is 1.97. The van der Waals surface area contributed by atoms with Crippen LogP contribution in [0, 0.1) is 5.92 Å². The summed E-state index contributed by atoms with van der Waals surface area (Å²) in [5, 5.41) is 3.00. The second-order valence-corrected chi connectivity index (χ2v) is 5.03. The van der Waals surface area contributed by atoms with E-state index in [9.17, 15) is 4.79 Å². The van der Waals surface area contributed by atoms with Gasteiger partial charge in [0.25, 0.3) is 0 Å². The van der Waals surface area contributed by atoms with Crippen LogP contribution >= 0.6 is 0 Å². The number of rotatable bonds is 3. The van der Waals surface area contributed by atoms with Gasteiger partial charge in [0.15, 0.2) is 0 Å². The Morgan fingerprint density at radius 2 is 1.93 bits per heavy atom. The van der Waals surface area contributed by atoms with Gasteiger partial charge in [-0.1, -0.05) is 12.8 Å². The minimum atomic E-state index is -0.757. The highest BCUT2D eigenvalue weighted by Gasteiger charge is 2.27. The van der Waals surface area contributed by atoms with Crippen LogP contribution in [-0.4, -0.2) is 17.5 Å². The summed E-state index contributed by atoms with van der Waals surface area (Å²) in [6.45, 7) is 5.56. The van der Waals surface area contributed by atoms with Crippen LogP contribution < -0.4 is 11.1 Å². The van der Waals surface area contributed by atoms with Crippen molar-refractivity contribution in [3.05, 3.63) is 0 Å². The highest BCUT2D eigenvalue weighted by molar-refractivity contribution is 5.85. The molecule has 1 amide bonds. The van der Waals surface area contributed by atoms with Gasteiger partial charge in [0.1, 0.15) is 0 Å². The average molecular weight is 198 g/mol. The Balaban J connectivity index is 2.39. The molecule has 1 saturated carbocycles. The van der Waals surface area contributed by atoms with E-state index in [1.807, 2.05) is 0 Å². The fraction of sp³-hybridized carbons (Fsp3) is 0.909. The maximum atomic E-state index is 11.6. The third kappa shape index (κ3) is 2.98. The molecule has 0 spiro atoms. The van der Waals surface area contributed by atoms with Gasteiger partial charge in [0.05, 0.1) is 5.54 Å². The summed E-state index contributed by atoms with van der Waals surface area (Å²) in [6, 6.07) is 0.271. The number of carbonyl (C=O) groups is 1. The van der Waals surface area contributed by atoms with E-state index in [0.717, 1.165) is 0 Å². The summed E-state index contributed by atoms with van der Waals surface area (Å²) in [5.41, 5.74) is 4.96. The quantitative estimate of drug-likeness (QED) is 0.720. The van der Waals surface area contributed by atoms with E-state index in [-0.39, 0.29) is 11.9 Å². The molecule has 3 N–H and O–H groups in total. The molecule has 0 aromatic rings. The van der Waals surface area contributed by atoms with Gasteiger partial charge in [-0.25, -0.2) is 0 Å². The van der Waals surface area contributed by atoms with Crippen LogP contribution in [0.1, 0.15) is 46.5 Å². The molecule has 0 heterocycles. The van der Waals surface area contributed by atoms with Crippen molar-refractivity contribution < 1.29 is 4.79 Å². The molecule has 0 saturated heterocycles. The number of amides is 1. The SMILES string of the molecule is CC(NC(=O)C(C)(C)N)C1CCCC1. The highest BCUT2D eigenvalue weighted by atomic mass is 16.2. The van der Waals surface area contributed by atoms with Gasteiger partial charge in [-0.2, -0.15) is 0 Å². The zero-order chi connectivity index (χ0) is 10.8. The molecule has 3 heteroatoms. The van der Waals surface area contributed by atoms with Crippen LogP contribution in [0.3, 0.4) is 0 Å². The fourth-order valence-electron chi connectivity index (χ4n) is 1.97. The van der Waals surface area contributed by atoms with Crippen molar-refractivity contribution >= 4 is 5.91 Å². The summed E-state index contributed by atoms with van der Waals surface area (Å²) in [4.78, 5) is 11.6. The first-order valence-electron chi connectivity index (χ1n) is 5.51. The van der Waals surface area contributed by atoms with Gasteiger partial charge in [0, 0.05) is 6.04 Å². The molecular weight excluding hydrogens is 176 g/mol. The van der Waals surface area contributed by atoms with Crippen LogP contribution in [0.25, 0.3) is 0 Å². The lowest BCUT2D eigenvalue weighted by Crippen LogP contribution is -2.52. The Bertz CT molecular complexity index is 202. The van der Waals surface area contributed by atoms with E-state index in [4.69, 9.17) is 5.73 Å². The van der Waals surface area contributed by atoms with Crippen LogP contribution in [0.5, 0.6) is 0 Å². The van der Waals surface area contributed by atoms with E-state index in [2.05, 4.69) is 12.2 Å². The summed E-state index contributed by atoms with van der Waals surface area (Å²) >= 11 is 0. The Kier molecular flexibility index (Phi) is 3.53. The number of nitrogens with one attached hydrogen (secondary N) is 1. The topological polar surface area (TPSA) is 55.1 Å². The Morgan fingerprint density at radius 1 is 1.43 bits per heavy atom. The summed E-state index contributed by atoms with van der Waals surface area (Å²) in [7, 11) is 0. The summed E-state index contributed by atoms with van der Waals surface area (Å²) in [5.74, 6) is 0.609. The summed E-state index contributed by atoms with van der Waals surface area (Å²) in [6.07, 6.45) is 5.09. The predicted molar refractivity (Wildman–Crippen MR) is 57.8 cm³/mol. The molecule has 14 heavy (non-hydrogen) atoms. The highest BCUT2D eigenvalue weighted by Crippen LogP contribution is 2.27. The van der Waals surface area contributed by atoms with E-state index in [0.29, 0.717) is 5.92 Å². The molecule has 82 valence electrons. The van der Waals surface area contributed by atoms with E-state index in [1.54, 1.807) is 13.8 Å². The molecule has 3 nitrogen and oxygen atoms in total.